The molecule has 3 amide bonds. The van der Waals surface area contributed by atoms with E-state index in [1.54, 1.807) is 24.3 Å². The summed E-state index contributed by atoms with van der Waals surface area (Å²) in [5, 5.41) is 12.2. The predicted molar refractivity (Wildman–Crippen MR) is 138 cm³/mol. The number of carbonyl (C=O) groups is 3. The first-order valence-corrected chi connectivity index (χ1v) is 12.3. The van der Waals surface area contributed by atoms with E-state index in [4.69, 9.17) is 9.47 Å². The summed E-state index contributed by atoms with van der Waals surface area (Å²) in [4.78, 5) is 41.0. The lowest BCUT2D eigenvalue weighted by atomic mass is 10.2. The van der Waals surface area contributed by atoms with E-state index in [1.165, 1.54) is 13.2 Å². The first-order valence-electron chi connectivity index (χ1n) is 10.4. The Kier molecular flexibility index (Phi) is 7.63. The van der Waals surface area contributed by atoms with Crippen LogP contribution in [-0.4, -0.2) is 67.0 Å². The number of aromatic hydroxyl groups is 1. The van der Waals surface area contributed by atoms with Crippen LogP contribution in [0.3, 0.4) is 0 Å². The highest BCUT2D eigenvalue weighted by atomic mass is 127. The number of anilines is 2. The summed E-state index contributed by atoms with van der Waals surface area (Å²) in [5.74, 6) is -0.752. The molecule has 178 valence electrons. The highest BCUT2D eigenvalue weighted by molar-refractivity contribution is 14.1. The van der Waals surface area contributed by atoms with Gasteiger partial charge in [-0.05, 0) is 82.4 Å². The van der Waals surface area contributed by atoms with E-state index in [-0.39, 0.29) is 22.9 Å². The normalized spacial score (nSPS) is 17.4. The van der Waals surface area contributed by atoms with Gasteiger partial charge in [-0.2, -0.15) is 0 Å². The van der Waals surface area contributed by atoms with Gasteiger partial charge < -0.3 is 24.8 Å². The maximum atomic E-state index is 12.8. The van der Waals surface area contributed by atoms with Crippen molar-refractivity contribution < 1.29 is 29.0 Å². The quantitative estimate of drug-likeness (QED) is 0.386. The SMILES string of the molecule is COc1cc(C=C2SC(=O)N(CC(=O)Nc3ccc(N4CCOCC4)cc3)C2=O)cc(I)c1O. The lowest BCUT2D eigenvalue weighted by Crippen LogP contribution is -2.36. The van der Waals surface area contributed by atoms with Gasteiger partial charge in [-0.25, -0.2) is 0 Å². The van der Waals surface area contributed by atoms with Crippen LogP contribution in [0.1, 0.15) is 5.56 Å². The zero-order valence-corrected chi connectivity index (χ0v) is 21.2. The second kappa shape index (κ2) is 10.7. The number of ether oxygens (including phenoxy) is 2. The second-order valence-electron chi connectivity index (χ2n) is 7.52. The van der Waals surface area contributed by atoms with Crippen LogP contribution < -0.4 is 15.0 Å². The van der Waals surface area contributed by atoms with Gasteiger partial charge in [0, 0.05) is 24.5 Å². The van der Waals surface area contributed by atoms with Crippen LogP contribution in [0.4, 0.5) is 16.2 Å². The summed E-state index contributed by atoms with van der Waals surface area (Å²) in [5.41, 5.74) is 2.21. The number of carbonyl (C=O) groups excluding carboxylic acids is 3. The number of benzene rings is 2. The summed E-state index contributed by atoms with van der Waals surface area (Å²) in [6.07, 6.45) is 1.54. The molecule has 0 aromatic heterocycles. The molecule has 0 atom stereocenters. The number of nitrogens with one attached hydrogen (secondary N) is 1. The summed E-state index contributed by atoms with van der Waals surface area (Å²) >= 11 is 2.71. The van der Waals surface area contributed by atoms with Crippen LogP contribution in [0, 0.1) is 3.57 Å². The average Bonchev–Trinajstić information content (AvgIpc) is 3.09. The minimum absolute atomic E-state index is 0.00278. The Labute approximate surface area is 214 Å². The maximum absolute atomic E-state index is 12.8. The minimum Gasteiger partial charge on any atom is -0.504 e. The smallest absolute Gasteiger partial charge is 0.294 e. The molecule has 0 saturated carbocycles. The van der Waals surface area contributed by atoms with Crippen LogP contribution in [0.15, 0.2) is 41.3 Å². The summed E-state index contributed by atoms with van der Waals surface area (Å²) in [7, 11) is 1.43. The van der Waals surface area contributed by atoms with Crippen LogP contribution in [0.2, 0.25) is 0 Å². The molecule has 0 unspecified atom stereocenters. The minimum atomic E-state index is -0.546. The molecule has 9 nitrogen and oxygen atoms in total. The molecule has 2 aliphatic heterocycles. The van der Waals surface area contributed by atoms with Crippen molar-refractivity contribution in [2.24, 2.45) is 0 Å². The molecule has 4 rings (SSSR count). The highest BCUT2D eigenvalue weighted by Crippen LogP contribution is 2.36. The molecule has 0 aliphatic carbocycles. The third-order valence-electron chi connectivity index (χ3n) is 5.27. The molecule has 2 heterocycles. The van der Waals surface area contributed by atoms with Crippen molar-refractivity contribution in [3.8, 4) is 11.5 Å². The Bertz CT molecular complexity index is 1150. The van der Waals surface area contributed by atoms with E-state index in [0.29, 0.717) is 28.0 Å². The third kappa shape index (κ3) is 5.47. The fourth-order valence-corrected chi connectivity index (χ4v) is 5.01. The monoisotopic (exact) mass is 595 g/mol. The number of morpholine rings is 1. The number of phenols is 1. The molecule has 2 fully saturated rings. The number of thioether (sulfide) groups is 1. The number of imide groups is 1. The number of hydrogen-bond donors (Lipinski definition) is 2. The Balaban J connectivity index is 1.40. The molecule has 0 spiro atoms. The van der Waals surface area contributed by atoms with E-state index in [1.807, 2.05) is 34.7 Å². The van der Waals surface area contributed by atoms with Gasteiger partial charge in [-0.3, -0.25) is 19.3 Å². The number of nitrogens with zero attached hydrogens (tertiary/aromatic N) is 2. The number of methoxy groups -OCH3 is 1. The third-order valence-corrected chi connectivity index (χ3v) is 7.00. The first-order chi connectivity index (χ1) is 16.4. The highest BCUT2D eigenvalue weighted by Gasteiger charge is 2.36. The molecule has 2 N–H and O–H groups in total. The largest absolute Gasteiger partial charge is 0.504 e. The van der Waals surface area contributed by atoms with Gasteiger partial charge in [0.2, 0.25) is 5.91 Å². The lowest BCUT2D eigenvalue weighted by Gasteiger charge is -2.28. The van der Waals surface area contributed by atoms with Gasteiger partial charge in [0.05, 0.1) is 28.8 Å². The maximum Gasteiger partial charge on any atom is 0.294 e. The molecule has 2 aliphatic rings. The van der Waals surface area contributed by atoms with Gasteiger partial charge in [0.1, 0.15) is 6.54 Å². The average molecular weight is 595 g/mol. The van der Waals surface area contributed by atoms with Crippen LogP contribution in [0.5, 0.6) is 11.5 Å². The number of phenolic OH excluding ortho intramolecular Hbond substituents is 1. The van der Waals surface area contributed by atoms with Gasteiger partial charge >= 0.3 is 0 Å². The van der Waals surface area contributed by atoms with Gasteiger partial charge in [-0.15, -0.1) is 0 Å². The summed E-state index contributed by atoms with van der Waals surface area (Å²) in [6, 6.07) is 10.6. The van der Waals surface area contributed by atoms with Gasteiger partial charge in [-0.1, -0.05) is 0 Å². The van der Waals surface area contributed by atoms with E-state index in [0.717, 1.165) is 35.4 Å². The lowest BCUT2D eigenvalue weighted by molar-refractivity contribution is -0.127. The Hall–Kier alpha value is -2.77. The van der Waals surface area contributed by atoms with Crippen molar-refractivity contribution in [3.63, 3.8) is 0 Å². The van der Waals surface area contributed by atoms with Gasteiger partial charge in [0.15, 0.2) is 11.5 Å². The summed E-state index contributed by atoms with van der Waals surface area (Å²) in [6.45, 7) is 2.61. The zero-order valence-electron chi connectivity index (χ0n) is 18.2. The van der Waals surface area contributed by atoms with Crippen molar-refractivity contribution in [3.05, 3.63) is 50.4 Å². The van der Waals surface area contributed by atoms with Crippen molar-refractivity contribution in [1.29, 1.82) is 0 Å². The second-order valence-corrected chi connectivity index (χ2v) is 9.67. The molecule has 2 aromatic carbocycles. The molecular weight excluding hydrogens is 573 g/mol. The van der Waals surface area contributed by atoms with E-state index in [9.17, 15) is 19.5 Å². The number of rotatable bonds is 6. The van der Waals surface area contributed by atoms with Crippen LogP contribution in [0.25, 0.3) is 6.08 Å². The Morgan fingerprint density at radius 3 is 2.62 bits per heavy atom. The Morgan fingerprint density at radius 2 is 1.94 bits per heavy atom. The van der Waals surface area contributed by atoms with Gasteiger partial charge in [0.25, 0.3) is 11.1 Å². The molecule has 0 radical (unpaired) electrons. The zero-order chi connectivity index (χ0) is 24.2. The molecular formula is C23H22IN3O6S. The standard InChI is InChI=1S/C23H22IN3O6S/c1-32-18-11-14(10-17(24)21(18)29)12-19-22(30)27(23(31)34-19)13-20(28)25-15-2-4-16(5-3-15)26-6-8-33-9-7-26/h2-5,10-12,29H,6-9,13H2,1H3,(H,25,28). The van der Waals surface area contributed by atoms with E-state index >= 15 is 0 Å². The van der Waals surface area contributed by atoms with E-state index < -0.39 is 17.1 Å². The molecule has 2 aromatic rings. The molecule has 0 bridgehead atoms. The van der Waals surface area contributed by atoms with Crippen molar-refractivity contribution in [1.82, 2.24) is 4.90 Å². The number of amides is 3. The summed E-state index contributed by atoms with van der Waals surface area (Å²) < 4.78 is 11.0. The number of halogens is 1. The fourth-order valence-electron chi connectivity index (χ4n) is 3.54. The molecule has 2 saturated heterocycles. The van der Waals surface area contributed by atoms with Crippen LogP contribution >= 0.6 is 34.4 Å². The molecule has 34 heavy (non-hydrogen) atoms. The number of hydrogen-bond acceptors (Lipinski definition) is 8. The fraction of sp³-hybridized carbons (Fsp3) is 0.261. The first kappa shape index (κ1) is 24.4. The van der Waals surface area contributed by atoms with Crippen molar-refractivity contribution in [2.45, 2.75) is 0 Å². The van der Waals surface area contributed by atoms with Crippen LogP contribution in [-0.2, 0) is 14.3 Å². The topological polar surface area (TPSA) is 108 Å². The Morgan fingerprint density at radius 1 is 1.24 bits per heavy atom. The molecule has 11 heteroatoms. The van der Waals surface area contributed by atoms with Crippen molar-refractivity contribution >= 4 is 68.9 Å². The predicted octanol–water partition coefficient (Wildman–Crippen LogP) is 3.52. The van der Waals surface area contributed by atoms with E-state index in [2.05, 4.69) is 10.2 Å². The van der Waals surface area contributed by atoms with Crippen molar-refractivity contribution in [2.75, 3.05) is 50.2 Å².